The van der Waals surface area contributed by atoms with Gasteiger partial charge in [0.05, 0.1) is 18.1 Å². The molecule has 0 radical (unpaired) electrons. The first-order valence-corrected chi connectivity index (χ1v) is 8.13. The van der Waals surface area contributed by atoms with E-state index in [9.17, 15) is 0 Å². The average molecular weight is 305 g/mol. The summed E-state index contributed by atoms with van der Waals surface area (Å²) in [6.07, 6.45) is 5.71. The van der Waals surface area contributed by atoms with Crippen LogP contribution in [0.25, 0.3) is 22.2 Å². The number of nitrogens with zero attached hydrogens (tertiary/aromatic N) is 4. The Labute approximate surface area is 135 Å². The molecule has 2 fully saturated rings. The summed E-state index contributed by atoms with van der Waals surface area (Å²) in [6, 6.07) is 9.15. The molecule has 2 aliphatic rings. The highest BCUT2D eigenvalue weighted by Crippen LogP contribution is 2.33. The molecule has 2 aromatic heterocycles. The van der Waals surface area contributed by atoms with Crippen molar-refractivity contribution in [3.05, 3.63) is 42.9 Å². The van der Waals surface area contributed by atoms with Gasteiger partial charge < -0.3 is 14.8 Å². The smallest absolute Gasteiger partial charge is 0.147 e. The lowest BCUT2D eigenvalue weighted by molar-refractivity contribution is 0.0827. The van der Waals surface area contributed by atoms with Crippen LogP contribution in [0.3, 0.4) is 0 Å². The molecule has 0 spiro atoms. The molecule has 0 bridgehead atoms. The third kappa shape index (κ3) is 2.04. The maximum absolute atomic E-state index is 4.87. The van der Waals surface area contributed by atoms with Crippen LogP contribution in [0.15, 0.2) is 42.9 Å². The Kier molecular flexibility index (Phi) is 2.73. The Morgan fingerprint density at radius 2 is 2.09 bits per heavy atom. The number of nitrogens with one attached hydrogen (secondary N) is 1. The van der Waals surface area contributed by atoms with E-state index in [4.69, 9.17) is 4.98 Å². The monoisotopic (exact) mass is 305 g/mol. The van der Waals surface area contributed by atoms with Crippen LogP contribution < -0.4 is 4.90 Å². The van der Waals surface area contributed by atoms with E-state index in [1.54, 1.807) is 0 Å². The van der Waals surface area contributed by atoms with Gasteiger partial charge in [0, 0.05) is 54.3 Å². The summed E-state index contributed by atoms with van der Waals surface area (Å²) in [5, 5.41) is 1.20. The average Bonchev–Trinajstić information content (AvgIpc) is 3.18. The number of aromatic nitrogens is 3. The van der Waals surface area contributed by atoms with E-state index < -0.39 is 0 Å². The summed E-state index contributed by atoms with van der Waals surface area (Å²) >= 11 is 0. The van der Waals surface area contributed by atoms with Gasteiger partial charge in [-0.05, 0) is 25.2 Å². The fourth-order valence-electron chi connectivity index (χ4n) is 3.95. The number of hydrogen-bond acceptors (Lipinski definition) is 4. The number of anilines is 1. The highest BCUT2D eigenvalue weighted by Gasteiger charge is 2.43. The minimum atomic E-state index is 0.691. The summed E-state index contributed by atoms with van der Waals surface area (Å²) in [7, 11) is 2.21. The lowest BCUT2D eigenvalue weighted by atomic mass is 9.93. The minimum Gasteiger partial charge on any atom is -0.361 e. The number of likely N-dealkylation sites (tertiary alicyclic amines) is 1. The van der Waals surface area contributed by atoms with Crippen molar-refractivity contribution in [1.29, 1.82) is 0 Å². The van der Waals surface area contributed by atoms with Gasteiger partial charge in [-0.1, -0.05) is 6.07 Å². The number of H-pyrrole nitrogens is 1. The van der Waals surface area contributed by atoms with Gasteiger partial charge in [-0.25, -0.2) is 4.98 Å². The predicted molar refractivity (Wildman–Crippen MR) is 91.4 cm³/mol. The van der Waals surface area contributed by atoms with Gasteiger partial charge >= 0.3 is 0 Å². The molecule has 0 aliphatic carbocycles. The van der Waals surface area contributed by atoms with Crippen molar-refractivity contribution in [2.45, 2.75) is 6.04 Å². The first-order chi connectivity index (χ1) is 11.3. The fraction of sp³-hybridized carbons (Fsp3) is 0.333. The molecule has 2 atom stereocenters. The lowest BCUT2D eigenvalue weighted by Crippen LogP contribution is -2.52. The van der Waals surface area contributed by atoms with Gasteiger partial charge in [-0.2, -0.15) is 0 Å². The quantitative estimate of drug-likeness (QED) is 0.790. The second-order valence-electron chi connectivity index (χ2n) is 6.71. The van der Waals surface area contributed by atoms with Crippen LogP contribution in [0, 0.1) is 5.92 Å². The normalized spacial score (nSPS) is 24.0. The Bertz CT molecular complexity index is 870. The van der Waals surface area contributed by atoms with E-state index in [-0.39, 0.29) is 0 Å². The zero-order chi connectivity index (χ0) is 15.4. The maximum Gasteiger partial charge on any atom is 0.147 e. The van der Waals surface area contributed by atoms with Gasteiger partial charge in [0.15, 0.2) is 0 Å². The van der Waals surface area contributed by atoms with Crippen molar-refractivity contribution >= 4 is 16.7 Å². The van der Waals surface area contributed by atoms with Crippen molar-refractivity contribution in [2.75, 3.05) is 31.6 Å². The van der Waals surface area contributed by atoms with Crippen LogP contribution in [-0.2, 0) is 0 Å². The molecule has 4 heterocycles. The Morgan fingerprint density at radius 1 is 1.13 bits per heavy atom. The highest BCUT2D eigenvalue weighted by atomic mass is 15.3. The van der Waals surface area contributed by atoms with E-state index in [0.717, 1.165) is 41.6 Å². The van der Waals surface area contributed by atoms with Gasteiger partial charge in [0.25, 0.3) is 0 Å². The van der Waals surface area contributed by atoms with Crippen LogP contribution >= 0.6 is 0 Å². The molecule has 5 heteroatoms. The number of rotatable bonds is 2. The summed E-state index contributed by atoms with van der Waals surface area (Å²) in [5.74, 6) is 1.79. The molecule has 0 amide bonds. The predicted octanol–water partition coefficient (Wildman–Crippen LogP) is 2.38. The van der Waals surface area contributed by atoms with Crippen LogP contribution in [0.4, 0.5) is 5.82 Å². The van der Waals surface area contributed by atoms with Crippen molar-refractivity contribution in [2.24, 2.45) is 5.92 Å². The number of hydrogen-bond donors (Lipinski definition) is 1. The molecule has 3 aromatic rings. The van der Waals surface area contributed by atoms with Crippen LogP contribution in [0.1, 0.15) is 0 Å². The maximum atomic E-state index is 4.87. The van der Waals surface area contributed by atoms with E-state index in [1.165, 1.54) is 11.9 Å². The number of aromatic amines is 1. The highest BCUT2D eigenvalue weighted by molar-refractivity contribution is 5.84. The van der Waals surface area contributed by atoms with Gasteiger partial charge in [-0.15, -0.1) is 0 Å². The summed E-state index contributed by atoms with van der Waals surface area (Å²) in [5.41, 5.74) is 3.21. The molecule has 2 aliphatic heterocycles. The van der Waals surface area contributed by atoms with E-state index >= 15 is 0 Å². The zero-order valence-electron chi connectivity index (χ0n) is 13.1. The summed E-state index contributed by atoms with van der Waals surface area (Å²) in [6.45, 7) is 3.37. The Balaban J connectivity index is 1.48. The largest absolute Gasteiger partial charge is 0.361 e. The third-order valence-corrected chi connectivity index (χ3v) is 5.29. The lowest BCUT2D eigenvalue weighted by Gasteiger charge is -2.40. The fourth-order valence-corrected chi connectivity index (χ4v) is 3.95. The molecule has 0 saturated carbocycles. The zero-order valence-corrected chi connectivity index (χ0v) is 13.1. The molecule has 1 N–H and O–H groups in total. The summed E-state index contributed by atoms with van der Waals surface area (Å²) < 4.78 is 0. The molecule has 2 saturated heterocycles. The van der Waals surface area contributed by atoms with Crippen molar-refractivity contribution < 1.29 is 0 Å². The molecular formula is C18H19N5. The minimum absolute atomic E-state index is 0.691. The van der Waals surface area contributed by atoms with Gasteiger partial charge in [-0.3, -0.25) is 4.98 Å². The Hall–Kier alpha value is -2.40. The van der Waals surface area contributed by atoms with Crippen molar-refractivity contribution in [1.82, 2.24) is 19.9 Å². The SMILES string of the molecule is CN1C[C@@H]2CN(c3cncc(-c4ccc5[nH]ccc5c4)n3)C[C@@H]21. The molecule has 1 aromatic carbocycles. The van der Waals surface area contributed by atoms with E-state index in [0.29, 0.717) is 6.04 Å². The topological polar surface area (TPSA) is 48.0 Å². The first-order valence-electron chi connectivity index (χ1n) is 8.13. The van der Waals surface area contributed by atoms with Crippen LogP contribution in [-0.4, -0.2) is 52.6 Å². The number of likely N-dealkylation sites (N-methyl/N-ethyl adjacent to an activating group) is 1. The molecular weight excluding hydrogens is 286 g/mol. The molecule has 5 nitrogen and oxygen atoms in total. The number of benzene rings is 1. The van der Waals surface area contributed by atoms with Crippen LogP contribution in [0.2, 0.25) is 0 Å². The van der Waals surface area contributed by atoms with Crippen LogP contribution in [0.5, 0.6) is 0 Å². The number of fused-ring (bicyclic) bond motifs is 2. The van der Waals surface area contributed by atoms with Crippen molar-refractivity contribution in [3.8, 4) is 11.3 Å². The molecule has 0 unspecified atom stereocenters. The van der Waals surface area contributed by atoms with Gasteiger partial charge in [0.1, 0.15) is 5.82 Å². The van der Waals surface area contributed by atoms with Gasteiger partial charge in [0.2, 0.25) is 0 Å². The molecule has 116 valence electrons. The Morgan fingerprint density at radius 3 is 2.96 bits per heavy atom. The molecule has 23 heavy (non-hydrogen) atoms. The first kappa shape index (κ1) is 13.1. The third-order valence-electron chi connectivity index (χ3n) is 5.29. The standard InChI is InChI=1S/C18H19N5/c1-22-9-14-10-23(11-17(14)22)18-8-19-7-16(21-18)12-2-3-15-13(6-12)4-5-20-15/h2-8,14,17,20H,9-11H2,1H3/t14-,17+/m1/s1. The van der Waals surface area contributed by atoms with E-state index in [1.807, 2.05) is 18.6 Å². The second-order valence-corrected chi connectivity index (χ2v) is 6.71. The summed E-state index contributed by atoms with van der Waals surface area (Å²) in [4.78, 5) is 17.3. The second kappa shape index (κ2) is 4.80. The van der Waals surface area contributed by atoms with E-state index in [2.05, 4.69) is 51.1 Å². The van der Waals surface area contributed by atoms with Crippen molar-refractivity contribution in [3.63, 3.8) is 0 Å². The molecule has 5 rings (SSSR count).